The van der Waals surface area contributed by atoms with E-state index in [0.717, 1.165) is 11.1 Å². The van der Waals surface area contributed by atoms with Gasteiger partial charge in [0.2, 0.25) is 0 Å². The number of halogens is 2. The highest BCUT2D eigenvalue weighted by Crippen LogP contribution is 2.19. The van der Waals surface area contributed by atoms with E-state index in [4.69, 9.17) is 11.6 Å². The van der Waals surface area contributed by atoms with Crippen molar-refractivity contribution in [2.24, 2.45) is 0 Å². The van der Waals surface area contributed by atoms with Crippen LogP contribution in [0.25, 0.3) is 0 Å². The summed E-state index contributed by atoms with van der Waals surface area (Å²) in [6.45, 7) is 1.86. The highest BCUT2D eigenvalue weighted by atomic mass is 79.9. The number of carbonyl (C=O) groups excluding carboxylic acids is 1. The van der Waals surface area contributed by atoms with Crippen molar-refractivity contribution in [1.29, 1.82) is 0 Å². The highest BCUT2D eigenvalue weighted by Gasteiger charge is 2.08. The second-order valence-corrected chi connectivity index (χ2v) is 3.71. The Hall–Kier alpha value is -0.340. The van der Waals surface area contributed by atoms with Crippen LogP contribution < -0.4 is 0 Å². The van der Waals surface area contributed by atoms with E-state index in [0.29, 0.717) is 16.8 Å². The molecule has 1 aromatic carbocycles. The van der Waals surface area contributed by atoms with E-state index < -0.39 is 0 Å². The van der Waals surface area contributed by atoms with Crippen molar-refractivity contribution in [2.45, 2.75) is 18.7 Å². The Morgan fingerprint density at radius 3 is 2.77 bits per heavy atom. The second-order valence-electron chi connectivity index (χ2n) is 2.71. The number of benzene rings is 1. The van der Waals surface area contributed by atoms with Crippen LogP contribution in [-0.2, 0) is 5.33 Å². The van der Waals surface area contributed by atoms with Gasteiger partial charge in [-0.05, 0) is 23.8 Å². The minimum absolute atomic E-state index is 0.158. The summed E-state index contributed by atoms with van der Waals surface area (Å²) in [5.74, 6) is 0.158. The van der Waals surface area contributed by atoms with Crippen LogP contribution in [0.3, 0.4) is 0 Å². The summed E-state index contributed by atoms with van der Waals surface area (Å²) in [5.41, 5.74) is 1.73. The van der Waals surface area contributed by atoms with Gasteiger partial charge >= 0.3 is 0 Å². The first-order valence-corrected chi connectivity index (χ1v) is 5.56. The number of Topliss-reactive ketones (excluding diaryl/α,β-unsaturated/α-hetero) is 1. The number of ketones is 1. The molecule has 0 fully saturated rings. The molecule has 0 aliphatic carbocycles. The normalized spacial score (nSPS) is 10.1. The summed E-state index contributed by atoms with van der Waals surface area (Å²) >= 11 is 9.14. The molecule has 0 amide bonds. The number of rotatable bonds is 3. The van der Waals surface area contributed by atoms with Crippen molar-refractivity contribution in [3.8, 4) is 0 Å². The molecule has 0 saturated heterocycles. The summed E-state index contributed by atoms with van der Waals surface area (Å²) in [6.07, 6.45) is 0.529. The standard InChI is InChI=1S/C10H10BrClO/c1-2-10(13)9-4-3-8(12)5-7(9)6-11/h3-5H,2,6H2,1H3. The van der Waals surface area contributed by atoms with Crippen LogP contribution in [0.5, 0.6) is 0 Å². The molecule has 0 N–H and O–H groups in total. The first-order valence-electron chi connectivity index (χ1n) is 4.06. The average molecular weight is 262 g/mol. The summed E-state index contributed by atoms with van der Waals surface area (Å²) < 4.78 is 0. The van der Waals surface area contributed by atoms with Crippen LogP contribution in [0.15, 0.2) is 18.2 Å². The van der Waals surface area contributed by atoms with Crippen molar-refractivity contribution in [3.05, 3.63) is 34.3 Å². The average Bonchev–Trinajstić information content (AvgIpc) is 2.16. The van der Waals surface area contributed by atoms with Gasteiger partial charge in [0.25, 0.3) is 0 Å². The van der Waals surface area contributed by atoms with Gasteiger partial charge < -0.3 is 0 Å². The topological polar surface area (TPSA) is 17.1 Å². The lowest BCUT2D eigenvalue weighted by Crippen LogP contribution is -2.00. The third kappa shape index (κ3) is 2.55. The van der Waals surface area contributed by atoms with E-state index in [1.54, 1.807) is 12.1 Å². The van der Waals surface area contributed by atoms with Gasteiger partial charge in [-0.15, -0.1) is 0 Å². The predicted octanol–water partition coefficient (Wildman–Crippen LogP) is 3.83. The fourth-order valence-corrected chi connectivity index (χ4v) is 1.79. The lowest BCUT2D eigenvalue weighted by molar-refractivity contribution is 0.0987. The van der Waals surface area contributed by atoms with Crippen LogP contribution in [0.4, 0.5) is 0 Å². The van der Waals surface area contributed by atoms with E-state index in [9.17, 15) is 4.79 Å². The lowest BCUT2D eigenvalue weighted by atomic mass is 10.0. The molecule has 0 bridgehead atoms. The Kier molecular flexibility index (Phi) is 3.94. The molecule has 0 aliphatic rings. The monoisotopic (exact) mass is 260 g/mol. The van der Waals surface area contributed by atoms with Crippen molar-refractivity contribution in [3.63, 3.8) is 0 Å². The van der Waals surface area contributed by atoms with Gasteiger partial charge in [-0.3, -0.25) is 4.79 Å². The molecule has 0 spiro atoms. The molecule has 0 unspecified atom stereocenters. The largest absolute Gasteiger partial charge is 0.294 e. The van der Waals surface area contributed by atoms with Crippen molar-refractivity contribution in [2.75, 3.05) is 0 Å². The molecule has 0 radical (unpaired) electrons. The molecule has 0 heterocycles. The van der Waals surface area contributed by atoms with Crippen LogP contribution in [0.1, 0.15) is 29.3 Å². The maximum Gasteiger partial charge on any atom is 0.162 e. The van der Waals surface area contributed by atoms with Gasteiger partial charge in [-0.1, -0.05) is 34.5 Å². The Morgan fingerprint density at radius 2 is 2.23 bits per heavy atom. The maximum absolute atomic E-state index is 11.4. The van der Waals surface area contributed by atoms with Crippen molar-refractivity contribution in [1.82, 2.24) is 0 Å². The van der Waals surface area contributed by atoms with Crippen LogP contribution in [0, 0.1) is 0 Å². The molecule has 1 aromatic rings. The molecule has 1 nitrogen and oxygen atoms in total. The molecule has 70 valence electrons. The Balaban J connectivity index is 3.13. The van der Waals surface area contributed by atoms with Crippen LogP contribution >= 0.6 is 27.5 Å². The van der Waals surface area contributed by atoms with E-state index in [1.807, 2.05) is 13.0 Å². The fourth-order valence-electron chi connectivity index (χ4n) is 1.14. The smallest absolute Gasteiger partial charge is 0.162 e. The van der Waals surface area contributed by atoms with Crippen molar-refractivity contribution >= 4 is 33.3 Å². The minimum atomic E-state index is 0.158. The number of carbonyl (C=O) groups is 1. The van der Waals surface area contributed by atoms with E-state index in [1.165, 1.54) is 0 Å². The van der Waals surface area contributed by atoms with Crippen LogP contribution in [-0.4, -0.2) is 5.78 Å². The van der Waals surface area contributed by atoms with Gasteiger partial charge in [-0.2, -0.15) is 0 Å². The van der Waals surface area contributed by atoms with Gasteiger partial charge in [0.15, 0.2) is 5.78 Å². The molecule has 0 aliphatic heterocycles. The van der Waals surface area contributed by atoms with Crippen molar-refractivity contribution < 1.29 is 4.79 Å². The Labute approximate surface area is 91.2 Å². The third-order valence-electron chi connectivity index (χ3n) is 1.83. The molecular formula is C10H10BrClO. The SMILES string of the molecule is CCC(=O)c1ccc(Cl)cc1CBr. The minimum Gasteiger partial charge on any atom is -0.294 e. The van der Waals surface area contributed by atoms with Gasteiger partial charge in [-0.25, -0.2) is 0 Å². The molecule has 0 aromatic heterocycles. The zero-order chi connectivity index (χ0) is 9.84. The summed E-state index contributed by atoms with van der Waals surface area (Å²) in [4.78, 5) is 11.4. The molecule has 3 heteroatoms. The van der Waals surface area contributed by atoms with Gasteiger partial charge in [0, 0.05) is 22.3 Å². The molecule has 0 saturated carbocycles. The molecule has 1 rings (SSSR count). The first-order chi connectivity index (χ1) is 6.19. The lowest BCUT2D eigenvalue weighted by Gasteiger charge is -2.04. The maximum atomic E-state index is 11.4. The zero-order valence-electron chi connectivity index (χ0n) is 7.31. The van der Waals surface area contributed by atoms with Gasteiger partial charge in [0.05, 0.1) is 0 Å². The van der Waals surface area contributed by atoms with E-state index in [2.05, 4.69) is 15.9 Å². The van der Waals surface area contributed by atoms with Gasteiger partial charge in [0.1, 0.15) is 0 Å². The Bertz CT molecular complexity index is 323. The van der Waals surface area contributed by atoms with E-state index in [-0.39, 0.29) is 5.78 Å². The molecular weight excluding hydrogens is 251 g/mol. The van der Waals surface area contributed by atoms with E-state index >= 15 is 0 Å². The Morgan fingerprint density at radius 1 is 1.54 bits per heavy atom. The number of hydrogen-bond donors (Lipinski definition) is 0. The zero-order valence-corrected chi connectivity index (χ0v) is 9.65. The summed E-state index contributed by atoms with van der Waals surface area (Å²) in [6, 6.07) is 5.35. The summed E-state index contributed by atoms with van der Waals surface area (Å²) in [5, 5.41) is 1.33. The molecule has 0 atom stereocenters. The third-order valence-corrected chi connectivity index (χ3v) is 2.67. The fraction of sp³-hybridized carbons (Fsp3) is 0.300. The van der Waals surface area contributed by atoms with Crippen LogP contribution in [0.2, 0.25) is 5.02 Å². The predicted molar refractivity (Wildman–Crippen MR) is 58.7 cm³/mol. The second kappa shape index (κ2) is 4.77. The summed E-state index contributed by atoms with van der Waals surface area (Å²) in [7, 11) is 0. The number of hydrogen-bond acceptors (Lipinski definition) is 1. The number of alkyl halides is 1. The quantitative estimate of drug-likeness (QED) is 0.597. The highest BCUT2D eigenvalue weighted by molar-refractivity contribution is 9.08. The molecule has 13 heavy (non-hydrogen) atoms. The first kappa shape index (κ1) is 10.7.